The Bertz CT molecular complexity index is 420. The fourth-order valence-electron chi connectivity index (χ4n) is 2.73. The van der Waals surface area contributed by atoms with Crippen molar-refractivity contribution in [1.29, 1.82) is 0 Å². The third kappa shape index (κ3) is 4.06. The molecule has 0 bridgehead atoms. The molecule has 1 aliphatic heterocycles. The third-order valence-electron chi connectivity index (χ3n) is 4.28. The van der Waals surface area contributed by atoms with Crippen LogP contribution in [0.25, 0.3) is 0 Å². The first kappa shape index (κ1) is 15.5. The van der Waals surface area contributed by atoms with Crippen LogP contribution in [0.1, 0.15) is 25.8 Å². The standard InChI is InChI=1S/C15H25BN2O2/c1-3-13(2)18-9-7-17(8-10-18)12-14-5-4-6-15(11-14)16(19)20/h4-6,11,13,19-20H,3,7-10,12H2,1-2H3. The molecule has 1 aromatic rings. The minimum absolute atomic E-state index is 0.570. The first-order valence-electron chi connectivity index (χ1n) is 7.51. The Morgan fingerprint density at radius 2 is 1.90 bits per heavy atom. The van der Waals surface area contributed by atoms with E-state index in [4.69, 9.17) is 0 Å². The summed E-state index contributed by atoms with van der Waals surface area (Å²) in [6.07, 6.45) is 1.20. The second kappa shape index (κ2) is 7.22. The summed E-state index contributed by atoms with van der Waals surface area (Å²) in [7, 11) is -1.38. The Labute approximate surface area is 122 Å². The van der Waals surface area contributed by atoms with Gasteiger partial charge in [0.1, 0.15) is 0 Å². The number of hydrogen-bond donors (Lipinski definition) is 2. The highest BCUT2D eigenvalue weighted by atomic mass is 16.4. The maximum Gasteiger partial charge on any atom is 0.488 e. The molecule has 2 N–H and O–H groups in total. The van der Waals surface area contributed by atoms with Gasteiger partial charge in [-0.3, -0.25) is 9.80 Å². The van der Waals surface area contributed by atoms with Crippen molar-refractivity contribution >= 4 is 12.6 Å². The predicted molar refractivity (Wildman–Crippen MR) is 82.9 cm³/mol. The van der Waals surface area contributed by atoms with Gasteiger partial charge < -0.3 is 10.0 Å². The van der Waals surface area contributed by atoms with Crippen molar-refractivity contribution in [1.82, 2.24) is 9.80 Å². The molecule has 20 heavy (non-hydrogen) atoms. The van der Waals surface area contributed by atoms with E-state index in [0.29, 0.717) is 11.5 Å². The molecular weight excluding hydrogens is 251 g/mol. The predicted octanol–water partition coefficient (Wildman–Crippen LogP) is 0.283. The van der Waals surface area contributed by atoms with Crippen molar-refractivity contribution in [2.45, 2.75) is 32.9 Å². The Balaban J connectivity index is 1.88. The number of rotatable bonds is 5. The minimum atomic E-state index is -1.38. The van der Waals surface area contributed by atoms with Crippen molar-refractivity contribution in [2.75, 3.05) is 26.2 Å². The fraction of sp³-hybridized carbons (Fsp3) is 0.600. The average Bonchev–Trinajstić information content (AvgIpc) is 2.47. The highest BCUT2D eigenvalue weighted by molar-refractivity contribution is 6.58. The maximum atomic E-state index is 9.21. The van der Waals surface area contributed by atoms with E-state index in [0.717, 1.165) is 38.3 Å². The molecule has 0 spiro atoms. The molecule has 0 saturated carbocycles. The van der Waals surface area contributed by atoms with Gasteiger partial charge in [0.2, 0.25) is 0 Å². The molecule has 1 fully saturated rings. The van der Waals surface area contributed by atoms with Gasteiger partial charge in [0, 0.05) is 38.8 Å². The zero-order chi connectivity index (χ0) is 14.5. The molecule has 1 atom stereocenters. The summed E-state index contributed by atoms with van der Waals surface area (Å²) in [5, 5.41) is 18.4. The van der Waals surface area contributed by atoms with Gasteiger partial charge in [-0.1, -0.05) is 31.2 Å². The van der Waals surface area contributed by atoms with Gasteiger partial charge in [-0.15, -0.1) is 0 Å². The molecule has 0 radical (unpaired) electrons. The normalized spacial score (nSPS) is 19.0. The zero-order valence-electron chi connectivity index (χ0n) is 12.5. The van der Waals surface area contributed by atoms with Gasteiger partial charge in [-0.05, 0) is 24.4 Å². The summed E-state index contributed by atoms with van der Waals surface area (Å²) < 4.78 is 0. The summed E-state index contributed by atoms with van der Waals surface area (Å²) in [5.41, 5.74) is 1.72. The van der Waals surface area contributed by atoms with E-state index < -0.39 is 7.12 Å². The van der Waals surface area contributed by atoms with E-state index in [1.807, 2.05) is 18.2 Å². The lowest BCUT2D eigenvalue weighted by molar-refractivity contribution is 0.0964. The van der Waals surface area contributed by atoms with Gasteiger partial charge >= 0.3 is 7.12 Å². The largest absolute Gasteiger partial charge is 0.488 e. The van der Waals surface area contributed by atoms with E-state index in [-0.39, 0.29) is 0 Å². The monoisotopic (exact) mass is 276 g/mol. The molecule has 1 saturated heterocycles. The van der Waals surface area contributed by atoms with Gasteiger partial charge in [0.25, 0.3) is 0 Å². The van der Waals surface area contributed by atoms with Crippen LogP contribution in [0, 0.1) is 0 Å². The molecule has 5 heteroatoms. The summed E-state index contributed by atoms with van der Waals surface area (Å²) in [6, 6.07) is 8.23. The molecule has 4 nitrogen and oxygen atoms in total. The number of hydrogen-bond acceptors (Lipinski definition) is 4. The van der Waals surface area contributed by atoms with Crippen LogP contribution in [0.4, 0.5) is 0 Å². The van der Waals surface area contributed by atoms with Crippen LogP contribution in [-0.2, 0) is 6.54 Å². The maximum absolute atomic E-state index is 9.21. The third-order valence-corrected chi connectivity index (χ3v) is 4.28. The van der Waals surface area contributed by atoms with Crippen LogP contribution in [-0.4, -0.2) is 59.2 Å². The molecule has 1 unspecified atom stereocenters. The Morgan fingerprint density at radius 3 is 2.50 bits per heavy atom. The first-order valence-corrected chi connectivity index (χ1v) is 7.51. The van der Waals surface area contributed by atoms with Crippen LogP contribution in [0.3, 0.4) is 0 Å². The van der Waals surface area contributed by atoms with Crippen LogP contribution >= 0.6 is 0 Å². The molecule has 0 aliphatic carbocycles. The van der Waals surface area contributed by atoms with Gasteiger partial charge in [-0.25, -0.2) is 0 Å². The smallest absolute Gasteiger partial charge is 0.423 e. The van der Waals surface area contributed by atoms with Crippen molar-refractivity contribution in [2.24, 2.45) is 0 Å². The molecule has 0 amide bonds. The second-order valence-corrected chi connectivity index (χ2v) is 5.69. The quantitative estimate of drug-likeness (QED) is 0.759. The fourth-order valence-corrected chi connectivity index (χ4v) is 2.73. The number of piperazine rings is 1. The van der Waals surface area contributed by atoms with Gasteiger partial charge in [-0.2, -0.15) is 0 Å². The number of benzene rings is 1. The summed E-state index contributed by atoms with van der Waals surface area (Å²) in [5.74, 6) is 0. The van der Waals surface area contributed by atoms with Crippen LogP contribution in [0.2, 0.25) is 0 Å². The van der Waals surface area contributed by atoms with E-state index in [2.05, 4.69) is 23.6 Å². The molecule has 0 aromatic heterocycles. The summed E-state index contributed by atoms with van der Waals surface area (Å²) in [6.45, 7) is 9.82. The Hall–Kier alpha value is -0.875. The molecular formula is C15H25BN2O2. The number of nitrogens with zero attached hydrogens (tertiary/aromatic N) is 2. The van der Waals surface area contributed by atoms with Crippen LogP contribution in [0.15, 0.2) is 24.3 Å². The van der Waals surface area contributed by atoms with E-state index in [9.17, 15) is 10.0 Å². The summed E-state index contributed by atoms with van der Waals surface area (Å²) >= 11 is 0. The lowest BCUT2D eigenvalue weighted by Crippen LogP contribution is -2.49. The molecule has 1 heterocycles. The SMILES string of the molecule is CCC(C)N1CCN(Cc2cccc(B(O)O)c2)CC1. The van der Waals surface area contributed by atoms with E-state index in [1.54, 1.807) is 6.07 Å². The molecule has 1 aromatic carbocycles. The topological polar surface area (TPSA) is 46.9 Å². The zero-order valence-corrected chi connectivity index (χ0v) is 12.5. The molecule has 2 rings (SSSR count). The lowest BCUT2D eigenvalue weighted by atomic mass is 9.79. The highest BCUT2D eigenvalue weighted by Gasteiger charge is 2.20. The second-order valence-electron chi connectivity index (χ2n) is 5.69. The van der Waals surface area contributed by atoms with Crippen molar-refractivity contribution in [3.63, 3.8) is 0 Å². The average molecular weight is 276 g/mol. The Morgan fingerprint density at radius 1 is 1.20 bits per heavy atom. The van der Waals surface area contributed by atoms with Crippen LogP contribution in [0.5, 0.6) is 0 Å². The molecule has 110 valence electrons. The lowest BCUT2D eigenvalue weighted by Gasteiger charge is -2.37. The van der Waals surface area contributed by atoms with Gasteiger partial charge in [0.05, 0.1) is 0 Å². The van der Waals surface area contributed by atoms with Gasteiger partial charge in [0.15, 0.2) is 0 Å². The highest BCUT2D eigenvalue weighted by Crippen LogP contribution is 2.11. The van der Waals surface area contributed by atoms with Crippen LogP contribution < -0.4 is 5.46 Å². The minimum Gasteiger partial charge on any atom is -0.423 e. The summed E-state index contributed by atoms with van der Waals surface area (Å²) in [4.78, 5) is 4.98. The van der Waals surface area contributed by atoms with Crippen molar-refractivity contribution < 1.29 is 10.0 Å². The Kier molecular flexibility index (Phi) is 5.60. The first-order chi connectivity index (χ1) is 9.60. The van der Waals surface area contributed by atoms with Crippen molar-refractivity contribution in [3.8, 4) is 0 Å². The molecule has 1 aliphatic rings. The van der Waals surface area contributed by atoms with E-state index >= 15 is 0 Å². The van der Waals surface area contributed by atoms with E-state index in [1.165, 1.54) is 6.42 Å². The van der Waals surface area contributed by atoms with Crippen molar-refractivity contribution in [3.05, 3.63) is 29.8 Å².